The van der Waals surface area contributed by atoms with Crippen molar-refractivity contribution in [3.8, 4) is 17.1 Å². The average molecular weight is 427 g/mol. The van der Waals surface area contributed by atoms with E-state index in [1.165, 1.54) is 6.20 Å². The van der Waals surface area contributed by atoms with Crippen molar-refractivity contribution in [2.75, 3.05) is 37.7 Å². The van der Waals surface area contributed by atoms with Crippen LogP contribution < -0.4 is 20.7 Å². The molecule has 0 saturated carbocycles. The molecule has 3 aromatic rings. The fraction of sp³-hybridized carbons (Fsp3) is 0.350. The van der Waals surface area contributed by atoms with Crippen molar-refractivity contribution in [3.63, 3.8) is 0 Å². The highest BCUT2D eigenvalue weighted by Crippen LogP contribution is 2.31. The molecule has 0 bridgehead atoms. The van der Waals surface area contributed by atoms with Crippen LogP contribution in [0.5, 0.6) is 5.88 Å². The zero-order valence-corrected chi connectivity index (χ0v) is 17.4. The molecule has 1 aromatic carbocycles. The van der Waals surface area contributed by atoms with E-state index in [1.807, 2.05) is 32.2 Å². The van der Waals surface area contributed by atoms with E-state index in [4.69, 9.17) is 25.4 Å². The molecule has 1 amide bonds. The molecular weight excluding hydrogens is 402 g/mol. The summed E-state index contributed by atoms with van der Waals surface area (Å²) in [6, 6.07) is 5.72. The monoisotopic (exact) mass is 427 g/mol. The summed E-state index contributed by atoms with van der Waals surface area (Å²) in [5, 5.41) is 15.5. The summed E-state index contributed by atoms with van der Waals surface area (Å²) in [6.45, 7) is 5.58. The Kier molecular flexibility index (Phi) is 6.98. The Balaban J connectivity index is 0.000000858. The third-order valence-electron chi connectivity index (χ3n) is 4.77. The Hall–Kier alpha value is -3.73. The van der Waals surface area contributed by atoms with Crippen LogP contribution in [-0.2, 0) is 11.8 Å². The van der Waals surface area contributed by atoms with E-state index in [0.717, 1.165) is 42.6 Å². The second kappa shape index (κ2) is 9.85. The lowest BCUT2D eigenvalue weighted by Crippen LogP contribution is -2.44. The lowest BCUT2D eigenvalue weighted by molar-refractivity contribution is -0.122. The van der Waals surface area contributed by atoms with E-state index < -0.39 is 5.91 Å². The molecule has 1 fully saturated rings. The van der Waals surface area contributed by atoms with Crippen LogP contribution in [-0.4, -0.2) is 70.0 Å². The largest absolute Gasteiger partial charge is 0.483 e. The Morgan fingerprint density at radius 3 is 2.71 bits per heavy atom. The first-order valence-corrected chi connectivity index (χ1v) is 9.80. The molecular formula is C20H25N7O4. The first kappa shape index (κ1) is 22.0. The maximum absolute atomic E-state index is 12.0. The standard InChI is InChI=1S/C19H23N7O2.CH2O2/c1-3-28-18-13-10-12(4-5-15(13)24-25(18)2)16-14(17(20)27)11-22-19(23-16)26-8-6-21-7-9-26;2-1-3/h4-5,10-11,21H,3,6-9H2,1-2H3,(H2,20,27);1H,(H,2,3). The minimum atomic E-state index is -0.557. The number of anilines is 1. The van der Waals surface area contributed by atoms with Crippen LogP contribution in [0.15, 0.2) is 24.4 Å². The van der Waals surface area contributed by atoms with Crippen LogP contribution in [0.3, 0.4) is 0 Å². The van der Waals surface area contributed by atoms with Gasteiger partial charge in [0.25, 0.3) is 12.4 Å². The van der Waals surface area contributed by atoms with Gasteiger partial charge in [-0.15, -0.1) is 0 Å². The summed E-state index contributed by atoms with van der Waals surface area (Å²) < 4.78 is 7.45. The minimum Gasteiger partial charge on any atom is -0.483 e. The number of amides is 1. The molecule has 11 heteroatoms. The molecule has 31 heavy (non-hydrogen) atoms. The molecule has 0 radical (unpaired) electrons. The first-order chi connectivity index (χ1) is 15.0. The molecule has 3 heterocycles. The van der Waals surface area contributed by atoms with Gasteiger partial charge in [-0.25, -0.2) is 14.6 Å². The maximum Gasteiger partial charge on any atom is 0.290 e. The van der Waals surface area contributed by atoms with Crippen molar-refractivity contribution in [2.24, 2.45) is 12.8 Å². The smallest absolute Gasteiger partial charge is 0.290 e. The Bertz CT molecular complexity index is 1080. The van der Waals surface area contributed by atoms with Crippen molar-refractivity contribution in [1.82, 2.24) is 25.1 Å². The highest BCUT2D eigenvalue weighted by molar-refractivity contribution is 6.00. The molecule has 4 N–H and O–H groups in total. The van der Waals surface area contributed by atoms with Gasteiger partial charge in [0.2, 0.25) is 11.8 Å². The van der Waals surface area contributed by atoms with Gasteiger partial charge in [0.15, 0.2) is 0 Å². The number of nitrogens with one attached hydrogen (secondary N) is 1. The number of piperazine rings is 1. The number of aryl methyl sites for hydroxylation is 1. The second-order valence-electron chi connectivity index (χ2n) is 6.73. The molecule has 4 rings (SSSR count). The summed E-state index contributed by atoms with van der Waals surface area (Å²) in [7, 11) is 1.84. The fourth-order valence-electron chi connectivity index (χ4n) is 3.42. The van der Waals surface area contributed by atoms with Gasteiger partial charge in [-0.3, -0.25) is 9.59 Å². The number of fused-ring (bicyclic) bond motifs is 1. The maximum atomic E-state index is 12.0. The molecule has 2 aromatic heterocycles. The summed E-state index contributed by atoms with van der Waals surface area (Å²) in [5.41, 5.74) is 7.98. The number of hydrogen-bond donors (Lipinski definition) is 3. The van der Waals surface area contributed by atoms with E-state index in [2.05, 4.69) is 20.3 Å². The highest BCUT2D eigenvalue weighted by atomic mass is 16.5. The zero-order valence-electron chi connectivity index (χ0n) is 17.4. The number of hydrogen-bond acceptors (Lipinski definition) is 8. The van der Waals surface area contributed by atoms with Crippen molar-refractivity contribution >= 4 is 29.2 Å². The molecule has 0 unspecified atom stereocenters. The van der Waals surface area contributed by atoms with E-state index in [9.17, 15) is 4.79 Å². The second-order valence-corrected chi connectivity index (χ2v) is 6.73. The molecule has 1 aliphatic heterocycles. The van der Waals surface area contributed by atoms with Crippen molar-refractivity contribution in [2.45, 2.75) is 6.92 Å². The number of benzene rings is 1. The first-order valence-electron chi connectivity index (χ1n) is 9.80. The zero-order chi connectivity index (χ0) is 22.4. The molecule has 11 nitrogen and oxygen atoms in total. The SMILES string of the molecule is CCOc1c2cc(-c3nc(N4CCNCC4)ncc3C(N)=O)ccc2nn1C.O=CO. The van der Waals surface area contributed by atoms with Gasteiger partial charge < -0.3 is 25.8 Å². The van der Waals surface area contributed by atoms with Crippen LogP contribution in [0.2, 0.25) is 0 Å². The number of carbonyl (C=O) groups is 2. The number of nitrogens with two attached hydrogens (primary N) is 1. The summed E-state index contributed by atoms with van der Waals surface area (Å²) in [5.74, 6) is 0.715. The van der Waals surface area contributed by atoms with Crippen LogP contribution in [0.1, 0.15) is 17.3 Å². The number of aromatic nitrogens is 4. The summed E-state index contributed by atoms with van der Waals surface area (Å²) >= 11 is 0. The van der Waals surface area contributed by atoms with Gasteiger partial charge in [-0.2, -0.15) is 5.10 Å². The van der Waals surface area contributed by atoms with Crippen molar-refractivity contribution in [3.05, 3.63) is 30.0 Å². The van der Waals surface area contributed by atoms with Gasteiger partial charge in [-0.05, 0) is 19.1 Å². The normalized spacial score (nSPS) is 13.4. The van der Waals surface area contributed by atoms with Crippen LogP contribution in [0.4, 0.5) is 5.95 Å². The van der Waals surface area contributed by atoms with E-state index in [0.29, 0.717) is 29.7 Å². The van der Waals surface area contributed by atoms with Crippen LogP contribution in [0, 0.1) is 0 Å². The molecule has 0 atom stereocenters. The summed E-state index contributed by atoms with van der Waals surface area (Å²) in [6.07, 6.45) is 1.51. The van der Waals surface area contributed by atoms with Crippen molar-refractivity contribution in [1.29, 1.82) is 0 Å². The topological polar surface area (TPSA) is 148 Å². The third kappa shape index (κ3) is 4.72. The van der Waals surface area contributed by atoms with Crippen LogP contribution in [0.25, 0.3) is 22.2 Å². The highest BCUT2D eigenvalue weighted by Gasteiger charge is 2.20. The molecule has 1 aliphatic rings. The van der Waals surface area contributed by atoms with E-state index in [-0.39, 0.29) is 6.47 Å². The number of rotatable bonds is 5. The molecule has 164 valence electrons. The average Bonchev–Trinajstić information content (AvgIpc) is 3.09. The van der Waals surface area contributed by atoms with E-state index >= 15 is 0 Å². The fourth-order valence-corrected chi connectivity index (χ4v) is 3.42. The number of carbonyl (C=O) groups excluding carboxylic acids is 1. The summed E-state index contributed by atoms with van der Waals surface area (Å²) in [4.78, 5) is 31.5. The van der Waals surface area contributed by atoms with Gasteiger partial charge in [0, 0.05) is 45.0 Å². The lowest BCUT2D eigenvalue weighted by Gasteiger charge is -2.27. The van der Waals surface area contributed by atoms with Gasteiger partial charge in [-0.1, -0.05) is 6.07 Å². The van der Waals surface area contributed by atoms with Gasteiger partial charge in [0.1, 0.15) is 0 Å². The number of carboxylic acid groups (broad SMARTS) is 1. The molecule has 0 aliphatic carbocycles. The minimum absolute atomic E-state index is 0.250. The predicted octanol–water partition coefficient (Wildman–Crippen LogP) is 0.638. The van der Waals surface area contributed by atoms with Crippen molar-refractivity contribution < 1.29 is 19.4 Å². The Morgan fingerprint density at radius 1 is 1.35 bits per heavy atom. The third-order valence-corrected chi connectivity index (χ3v) is 4.77. The quantitative estimate of drug-likeness (QED) is 0.499. The lowest BCUT2D eigenvalue weighted by atomic mass is 10.0. The van der Waals surface area contributed by atoms with Gasteiger partial charge in [0.05, 0.1) is 28.8 Å². The number of ether oxygens (including phenoxy) is 1. The van der Waals surface area contributed by atoms with Crippen LogP contribution >= 0.6 is 0 Å². The molecule has 1 saturated heterocycles. The number of nitrogens with zero attached hydrogens (tertiary/aromatic N) is 5. The van der Waals surface area contributed by atoms with Gasteiger partial charge >= 0.3 is 0 Å². The Morgan fingerprint density at radius 2 is 2.06 bits per heavy atom. The van der Waals surface area contributed by atoms with E-state index in [1.54, 1.807) is 4.68 Å². The molecule has 0 spiro atoms. The Labute approximate surface area is 178 Å². The predicted molar refractivity (Wildman–Crippen MR) is 115 cm³/mol. The number of primary amides is 1.